The Morgan fingerprint density at radius 1 is 1.15 bits per heavy atom. The molecule has 102 valence electrons. The van der Waals surface area contributed by atoms with Gasteiger partial charge in [-0.25, -0.2) is 4.39 Å². The smallest absolute Gasteiger partial charge is 0.185 e. The van der Waals surface area contributed by atoms with E-state index in [4.69, 9.17) is 0 Å². The zero-order valence-corrected chi connectivity index (χ0v) is 11.9. The van der Waals surface area contributed by atoms with E-state index in [2.05, 4.69) is 29.1 Å². The van der Waals surface area contributed by atoms with Gasteiger partial charge in [0.1, 0.15) is 10.8 Å². The molecule has 0 radical (unpaired) electrons. The molecule has 0 bridgehead atoms. The molecular weight excluding hydrogens is 275 g/mol. The molecular formula is C14H13FN4S. The summed E-state index contributed by atoms with van der Waals surface area (Å²) in [5, 5.41) is 14.0. The van der Waals surface area contributed by atoms with Gasteiger partial charge in [-0.05, 0) is 24.3 Å². The maximum absolute atomic E-state index is 13.3. The summed E-state index contributed by atoms with van der Waals surface area (Å²) in [4.78, 5) is 0. The molecule has 0 aliphatic rings. The molecule has 0 aliphatic heterocycles. The average Bonchev–Trinajstić information content (AvgIpc) is 2.81. The topological polar surface area (TPSA) is 43.1 Å². The van der Waals surface area contributed by atoms with E-state index in [9.17, 15) is 4.39 Å². The number of hydrogen-bond donors (Lipinski definition) is 0. The van der Waals surface area contributed by atoms with Crippen LogP contribution in [0.1, 0.15) is 13.8 Å². The van der Waals surface area contributed by atoms with Crippen LogP contribution in [-0.2, 0) is 0 Å². The minimum absolute atomic E-state index is 0.299. The lowest BCUT2D eigenvalue weighted by Gasteiger charge is -2.05. The van der Waals surface area contributed by atoms with Gasteiger partial charge < -0.3 is 0 Å². The van der Waals surface area contributed by atoms with Crippen molar-refractivity contribution < 1.29 is 4.39 Å². The number of aromatic nitrogens is 4. The van der Waals surface area contributed by atoms with Crippen LogP contribution in [0.3, 0.4) is 0 Å². The molecule has 0 fully saturated rings. The Balaban J connectivity index is 2.11. The number of fused-ring (bicyclic) bond motifs is 1. The maximum atomic E-state index is 13.3. The Kier molecular flexibility index (Phi) is 3.40. The van der Waals surface area contributed by atoms with Gasteiger partial charge in [0.25, 0.3) is 0 Å². The summed E-state index contributed by atoms with van der Waals surface area (Å²) in [5.41, 5.74) is 1.31. The molecule has 0 saturated heterocycles. The monoisotopic (exact) mass is 288 g/mol. The lowest BCUT2D eigenvalue weighted by atomic mass is 10.2. The van der Waals surface area contributed by atoms with Gasteiger partial charge in [0.05, 0.1) is 0 Å². The lowest BCUT2D eigenvalue weighted by molar-refractivity contribution is 0.628. The largest absolute Gasteiger partial charge is 0.207 e. The molecule has 4 nitrogen and oxygen atoms in total. The van der Waals surface area contributed by atoms with Gasteiger partial charge in [-0.15, -0.1) is 22.0 Å². The SMILES string of the molecule is CC(C)Sc1ccc2nnc(-c3cccc(F)c3)n2n1. The van der Waals surface area contributed by atoms with Gasteiger partial charge in [-0.2, -0.15) is 9.61 Å². The van der Waals surface area contributed by atoms with Gasteiger partial charge in [0.15, 0.2) is 11.5 Å². The van der Waals surface area contributed by atoms with Crippen molar-refractivity contribution in [2.24, 2.45) is 0 Å². The molecule has 6 heteroatoms. The first-order valence-corrected chi connectivity index (χ1v) is 7.16. The van der Waals surface area contributed by atoms with Crippen molar-refractivity contribution in [3.63, 3.8) is 0 Å². The van der Waals surface area contributed by atoms with E-state index in [1.807, 2.05) is 12.1 Å². The molecule has 0 unspecified atom stereocenters. The summed E-state index contributed by atoms with van der Waals surface area (Å²) >= 11 is 1.66. The van der Waals surface area contributed by atoms with Crippen LogP contribution in [0.15, 0.2) is 41.4 Å². The van der Waals surface area contributed by atoms with E-state index < -0.39 is 0 Å². The van der Waals surface area contributed by atoms with Gasteiger partial charge in [0, 0.05) is 10.8 Å². The fraction of sp³-hybridized carbons (Fsp3) is 0.214. The normalized spacial score (nSPS) is 11.4. The highest BCUT2D eigenvalue weighted by molar-refractivity contribution is 7.99. The zero-order chi connectivity index (χ0) is 14.1. The number of halogens is 1. The second kappa shape index (κ2) is 5.20. The fourth-order valence-electron chi connectivity index (χ4n) is 1.88. The third-order valence-corrected chi connectivity index (χ3v) is 3.61. The maximum Gasteiger partial charge on any atom is 0.185 e. The highest BCUT2D eigenvalue weighted by atomic mass is 32.2. The van der Waals surface area contributed by atoms with Crippen LogP contribution in [-0.4, -0.2) is 25.1 Å². The van der Waals surface area contributed by atoms with Crippen molar-refractivity contribution in [1.82, 2.24) is 19.8 Å². The average molecular weight is 288 g/mol. The number of nitrogens with zero attached hydrogens (tertiary/aromatic N) is 4. The van der Waals surface area contributed by atoms with Crippen LogP contribution in [0.5, 0.6) is 0 Å². The molecule has 0 N–H and O–H groups in total. The predicted molar refractivity (Wildman–Crippen MR) is 77.2 cm³/mol. The minimum atomic E-state index is -0.299. The quantitative estimate of drug-likeness (QED) is 0.693. The zero-order valence-electron chi connectivity index (χ0n) is 11.1. The van der Waals surface area contributed by atoms with E-state index in [1.54, 1.807) is 28.4 Å². The first kappa shape index (κ1) is 13.1. The molecule has 2 heterocycles. The lowest BCUT2D eigenvalue weighted by Crippen LogP contribution is -1.98. The Bertz CT molecular complexity index is 754. The van der Waals surface area contributed by atoms with Crippen molar-refractivity contribution >= 4 is 17.4 Å². The van der Waals surface area contributed by atoms with Crippen molar-refractivity contribution in [2.45, 2.75) is 24.1 Å². The summed E-state index contributed by atoms with van der Waals surface area (Å²) in [5.74, 6) is 0.248. The summed E-state index contributed by atoms with van der Waals surface area (Å²) in [6, 6.07) is 10.1. The van der Waals surface area contributed by atoms with Crippen LogP contribution in [0.4, 0.5) is 4.39 Å². The molecule has 3 rings (SSSR count). The second-order valence-electron chi connectivity index (χ2n) is 4.64. The van der Waals surface area contributed by atoms with Crippen molar-refractivity contribution in [3.05, 3.63) is 42.2 Å². The van der Waals surface area contributed by atoms with Crippen molar-refractivity contribution in [1.29, 1.82) is 0 Å². The standard InChI is InChI=1S/C14H13FN4S/c1-9(2)20-13-7-6-12-16-17-14(19(12)18-13)10-4-3-5-11(15)8-10/h3-9H,1-2H3. The van der Waals surface area contributed by atoms with Crippen LogP contribution >= 0.6 is 11.8 Å². The van der Waals surface area contributed by atoms with Gasteiger partial charge >= 0.3 is 0 Å². The van der Waals surface area contributed by atoms with Crippen LogP contribution < -0.4 is 0 Å². The third-order valence-electron chi connectivity index (χ3n) is 2.68. The number of rotatable bonds is 3. The molecule has 0 aliphatic carbocycles. The van der Waals surface area contributed by atoms with E-state index >= 15 is 0 Å². The van der Waals surface area contributed by atoms with Crippen LogP contribution in [0, 0.1) is 5.82 Å². The Morgan fingerprint density at radius 2 is 2.00 bits per heavy atom. The van der Waals surface area contributed by atoms with Gasteiger partial charge in [-0.1, -0.05) is 26.0 Å². The van der Waals surface area contributed by atoms with E-state index in [1.165, 1.54) is 12.1 Å². The van der Waals surface area contributed by atoms with Crippen LogP contribution in [0.25, 0.3) is 17.0 Å². The molecule has 0 amide bonds. The fourth-order valence-corrected chi connectivity index (χ4v) is 2.64. The van der Waals surface area contributed by atoms with E-state index in [-0.39, 0.29) is 5.82 Å². The predicted octanol–water partition coefficient (Wildman–Crippen LogP) is 3.43. The number of benzene rings is 1. The Morgan fingerprint density at radius 3 is 2.75 bits per heavy atom. The molecule has 0 saturated carbocycles. The number of hydrogen-bond acceptors (Lipinski definition) is 4. The van der Waals surface area contributed by atoms with E-state index in [0.717, 1.165) is 5.03 Å². The minimum Gasteiger partial charge on any atom is -0.207 e. The Hall–Kier alpha value is -1.95. The summed E-state index contributed by atoms with van der Waals surface area (Å²) < 4.78 is 15.0. The number of thioether (sulfide) groups is 1. The highest BCUT2D eigenvalue weighted by Crippen LogP contribution is 2.23. The molecule has 1 aromatic carbocycles. The van der Waals surface area contributed by atoms with Crippen molar-refractivity contribution in [3.8, 4) is 11.4 Å². The second-order valence-corrected chi connectivity index (χ2v) is 6.24. The molecule has 3 aromatic rings. The van der Waals surface area contributed by atoms with E-state index in [0.29, 0.717) is 22.3 Å². The Labute approximate surface area is 120 Å². The molecule has 0 atom stereocenters. The van der Waals surface area contributed by atoms with Gasteiger partial charge in [-0.3, -0.25) is 0 Å². The summed E-state index contributed by atoms with van der Waals surface area (Å²) in [6.45, 7) is 4.21. The summed E-state index contributed by atoms with van der Waals surface area (Å²) in [6.07, 6.45) is 0. The first-order valence-electron chi connectivity index (χ1n) is 6.28. The van der Waals surface area contributed by atoms with Gasteiger partial charge in [0.2, 0.25) is 0 Å². The highest BCUT2D eigenvalue weighted by Gasteiger charge is 2.11. The first-order chi connectivity index (χ1) is 9.63. The molecule has 2 aromatic heterocycles. The summed E-state index contributed by atoms with van der Waals surface area (Å²) in [7, 11) is 0. The van der Waals surface area contributed by atoms with Crippen LogP contribution in [0.2, 0.25) is 0 Å². The molecule has 0 spiro atoms. The van der Waals surface area contributed by atoms with Crippen molar-refractivity contribution in [2.75, 3.05) is 0 Å². The molecule has 20 heavy (non-hydrogen) atoms. The third kappa shape index (κ3) is 2.51.